The molecular formula is C17H19ClN2O4. The Balaban J connectivity index is 2.65. The summed E-state index contributed by atoms with van der Waals surface area (Å²) in [6.07, 6.45) is -0.318. The van der Waals surface area contributed by atoms with E-state index in [4.69, 9.17) is 16.3 Å². The van der Waals surface area contributed by atoms with Gasteiger partial charge in [-0.05, 0) is 19.1 Å². The number of nitrogens with zero attached hydrogens (tertiary/aromatic N) is 2. The molecule has 1 aromatic heterocycles. The molecule has 0 aliphatic rings. The molecule has 0 saturated carbocycles. The van der Waals surface area contributed by atoms with Crippen LogP contribution in [0.15, 0.2) is 18.2 Å². The van der Waals surface area contributed by atoms with Crippen LogP contribution in [0.2, 0.25) is 5.02 Å². The van der Waals surface area contributed by atoms with Crippen molar-refractivity contribution >= 4 is 40.2 Å². The van der Waals surface area contributed by atoms with Crippen LogP contribution in [0.3, 0.4) is 0 Å². The summed E-state index contributed by atoms with van der Waals surface area (Å²) in [5, 5.41) is 1.06. The van der Waals surface area contributed by atoms with E-state index in [1.807, 2.05) is 0 Å². The van der Waals surface area contributed by atoms with Gasteiger partial charge in [0.2, 0.25) is 5.91 Å². The number of hydrogen-bond acceptors (Lipinski definition) is 4. The smallest absolute Gasteiger partial charge is 0.355 e. The molecule has 0 spiro atoms. The number of fused-ring (bicyclic) bond motifs is 1. The zero-order valence-electron chi connectivity index (χ0n) is 14.1. The van der Waals surface area contributed by atoms with Crippen molar-refractivity contribution < 1.29 is 19.1 Å². The number of esters is 1. The molecule has 1 amide bonds. The molecule has 2 rings (SSSR count). The Kier molecular flexibility index (Phi) is 5.29. The Morgan fingerprint density at radius 1 is 1.25 bits per heavy atom. The first-order valence-electron chi connectivity index (χ1n) is 7.46. The monoisotopic (exact) mass is 350 g/mol. The van der Waals surface area contributed by atoms with Crippen LogP contribution in [-0.4, -0.2) is 47.8 Å². The van der Waals surface area contributed by atoms with Crippen LogP contribution in [0.5, 0.6) is 0 Å². The fraction of sp³-hybridized carbons (Fsp3) is 0.353. The Morgan fingerprint density at radius 3 is 2.50 bits per heavy atom. The van der Waals surface area contributed by atoms with Crippen LogP contribution in [0.1, 0.15) is 34.2 Å². The maximum Gasteiger partial charge on any atom is 0.355 e. The molecule has 0 unspecified atom stereocenters. The van der Waals surface area contributed by atoms with Crippen molar-refractivity contribution in [3.63, 3.8) is 0 Å². The van der Waals surface area contributed by atoms with E-state index in [1.54, 1.807) is 50.8 Å². The molecule has 0 saturated heterocycles. The second-order valence-electron chi connectivity index (χ2n) is 5.55. The maximum atomic E-state index is 12.7. The summed E-state index contributed by atoms with van der Waals surface area (Å²) in [5.74, 6) is -1.36. The van der Waals surface area contributed by atoms with Crippen molar-refractivity contribution in [2.45, 2.75) is 13.3 Å². The van der Waals surface area contributed by atoms with Crippen LogP contribution in [-0.2, 0) is 16.6 Å². The minimum absolute atomic E-state index is 0.130. The average Bonchev–Trinajstić information content (AvgIpc) is 2.80. The number of aromatic nitrogens is 1. The third kappa shape index (κ3) is 3.28. The third-order valence-corrected chi connectivity index (χ3v) is 3.96. The molecule has 0 aliphatic carbocycles. The van der Waals surface area contributed by atoms with Crippen LogP contribution in [0.25, 0.3) is 10.9 Å². The summed E-state index contributed by atoms with van der Waals surface area (Å²) < 4.78 is 6.65. The topological polar surface area (TPSA) is 68.6 Å². The highest BCUT2D eigenvalue weighted by Crippen LogP contribution is 2.29. The highest BCUT2D eigenvalue weighted by Gasteiger charge is 2.28. The fourth-order valence-electron chi connectivity index (χ4n) is 2.51. The van der Waals surface area contributed by atoms with Gasteiger partial charge in [0.1, 0.15) is 5.69 Å². The molecule has 7 heteroatoms. The predicted molar refractivity (Wildman–Crippen MR) is 91.5 cm³/mol. The molecule has 6 nitrogen and oxygen atoms in total. The summed E-state index contributed by atoms with van der Waals surface area (Å²) in [6, 6.07) is 4.99. The number of ether oxygens (including phenoxy) is 1. The number of rotatable bonds is 5. The lowest BCUT2D eigenvalue weighted by molar-refractivity contribution is -0.127. The Labute approximate surface area is 144 Å². The van der Waals surface area contributed by atoms with Crippen molar-refractivity contribution in [1.29, 1.82) is 0 Å². The largest absolute Gasteiger partial charge is 0.461 e. The zero-order chi connectivity index (χ0) is 18.0. The van der Waals surface area contributed by atoms with Gasteiger partial charge < -0.3 is 14.2 Å². The Hall–Kier alpha value is -2.34. The minimum atomic E-state index is -0.604. The number of Topliss-reactive ketones (excluding diaryl/α,β-unsaturated/α-hetero) is 1. The van der Waals surface area contributed by atoms with Gasteiger partial charge in [0.05, 0.1) is 24.1 Å². The highest BCUT2D eigenvalue weighted by atomic mass is 35.5. The number of carbonyl (C=O) groups is 3. The molecule has 0 radical (unpaired) electrons. The number of halogens is 1. The van der Waals surface area contributed by atoms with Crippen molar-refractivity contribution in [1.82, 2.24) is 9.47 Å². The van der Waals surface area contributed by atoms with E-state index in [1.165, 1.54) is 4.90 Å². The summed E-state index contributed by atoms with van der Waals surface area (Å²) in [7, 11) is 4.81. The number of aryl methyl sites for hydroxylation is 1. The van der Waals surface area contributed by atoms with Crippen molar-refractivity contribution in [3.8, 4) is 0 Å². The summed E-state index contributed by atoms with van der Waals surface area (Å²) in [4.78, 5) is 38.3. The number of benzene rings is 1. The summed E-state index contributed by atoms with van der Waals surface area (Å²) in [6.45, 7) is 1.87. The SMILES string of the molecule is CCOC(=O)c1c(C(=O)CC(=O)N(C)C)c2ccc(Cl)cc2n1C. The van der Waals surface area contributed by atoms with Gasteiger partial charge in [-0.2, -0.15) is 0 Å². The van der Waals surface area contributed by atoms with Crippen LogP contribution >= 0.6 is 11.6 Å². The quantitative estimate of drug-likeness (QED) is 0.472. The van der Waals surface area contributed by atoms with E-state index >= 15 is 0 Å². The number of hydrogen-bond donors (Lipinski definition) is 0. The van der Waals surface area contributed by atoms with Crippen molar-refractivity contribution in [2.75, 3.05) is 20.7 Å². The molecule has 128 valence electrons. The second-order valence-corrected chi connectivity index (χ2v) is 5.99. The highest BCUT2D eigenvalue weighted by molar-refractivity contribution is 6.31. The van der Waals surface area contributed by atoms with E-state index in [2.05, 4.69) is 0 Å². The second kappa shape index (κ2) is 7.05. The van der Waals surface area contributed by atoms with E-state index in [0.29, 0.717) is 15.9 Å². The standard InChI is InChI=1S/C17H19ClN2O4/c1-5-24-17(23)16-15(13(21)9-14(22)19(2)3)11-7-6-10(18)8-12(11)20(16)4/h6-8H,5,9H2,1-4H3. The third-order valence-electron chi connectivity index (χ3n) is 3.72. The van der Waals surface area contributed by atoms with Gasteiger partial charge in [-0.15, -0.1) is 0 Å². The van der Waals surface area contributed by atoms with E-state index in [9.17, 15) is 14.4 Å². The first-order valence-corrected chi connectivity index (χ1v) is 7.84. The number of ketones is 1. The number of amides is 1. The molecule has 2 aromatic rings. The Morgan fingerprint density at radius 2 is 1.92 bits per heavy atom. The van der Waals surface area contributed by atoms with Gasteiger partial charge in [-0.3, -0.25) is 9.59 Å². The first-order chi connectivity index (χ1) is 11.3. The zero-order valence-corrected chi connectivity index (χ0v) is 14.8. The van der Waals surface area contributed by atoms with Crippen LogP contribution < -0.4 is 0 Å². The molecule has 24 heavy (non-hydrogen) atoms. The van der Waals surface area contributed by atoms with Crippen LogP contribution in [0, 0.1) is 0 Å². The molecule has 1 heterocycles. The lowest BCUT2D eigenvalue weighted by atomic mass is 10.0. The summed E-state index contributed by atoms with van der Waals surface area (Å²) in [5.41, 5.74) is 0.953. The summed E-state index contributed by atoms with van der Waals surface area (Å²) >= 11 is 6.02. The number of carbonyl (C=O) groups excluding carboxylic acids is 3. The van der Waals surface area contributed by atoms with Crippen molar-refractivity contribution in [3.05, 3.63) is 34.5 Å². The van der Waals surface area contributed by atoms with Gasteiger partial charge in [0.25, 0.3) is 0 Å². The van der Waals surface area contributed by atoms with Gasteiger partial charge in [-0.25, -0.2) is 4.79 Å². The predicted octanol–water partition coefficient (Wildman–Crippen LogP) is 2.67. The van der Waals surface area contributed by atoms with Gasteiger partial charge >= 0.3 is 5.97 Å². The minimum Gasteiger partial charge on any atom is -0.461 e. The molecule has 0 N–H and O–H groups in total. The molecule has 0 bridgehead atoms. The van der Waals surface area contributed by atoms with Crippen molar-refractivity contribution in [2.24, 2.45) is 7.05 Å². The van der Waals surface area contributed by atoms with Gasteiger partial charge in [-0.1, -0.05) is 17.7 Å². The molecule has 0 atom stereocenters. The normalized spacial score (nSPS) is 10.7. The maximum absolute atomic E-state index is 12.7. The Bertz CT molecular complexity index is 824. The van der Waals surface area contributed by atoms with Crippen LogP contribution in [0.4, 0.5) is 0 Å². The van der Waals surface area contributed by atoms with E-state index in [0.717, 1.165) is 0 Å². The molecule has 0 fully saturated rings. The van der Waals surface area contributed by atoms with Gasteiger partial charge in [0, 0.05) is 31.6 Å². The van der Waals surface area contributed by atoms with Gasteiger partial charge in [0.15, 0.2) is 5.78 Å². The fourth-order valence-corrected chi connectivity index (χ4v) is 2.68. The average molecular weight is 351 g/mol. The molecule has 1 aromatic carbocycles. The molecule has 0 aliphatic heterocycles. The first kappa shape index (κ1) is 18.0. The lowest BCUT2D eigenvalue weighted by Gasteiger charge is -2.10. The van der Waals surface area contributed by atoms with E-state index in [-0.39, 0.29) is 30.2 Å². The van der Waals surface area contributed by atoms with E-state index < -0.39 is 11.8 Å². The lowest BCUT2D eigenvalue weighted by Crippen LogP contribution is -2.25. The molecular weight excluding hydrogens is 332 g/mol.